The summed E-state index contributed by atoms with van der Waals surface area (Å²) < 4.78 is 5.94. The van der Waals surface area contributed by atoms with Gasteiger partial charge in [0.15, 0.2) is 0 Å². The Labute approximate surface area is 170 Å². The number of nitrogens with one attached hydrogen (secondary N) is 1. The van der Waals surface area contributed by atoms with E-state index in [4.69, 9.17) is 10.00 Å². The van der Waals surface area contributed by atoms with E-state index in [9.17, 15) is 10.1 Å². The monoisotopic (exact) mass is 409 g/mol. The number of halogens is 2. The summed E-state index contributed by atoms with van der Waals surface area (Å²) in [6, 6.07) is 7.30. The molecule has 5 atom stereocenters. The van der Waals surface area contributed by atoms with E-state index in [0.29, 0.717) is 18.0 Å². The van der Waals surface area contributed by atoms with Gasteiger partial charge in [-0.25, -0.2) is 4.98 Å². The van der Waals surface area contributed by atoms with E-state index in [1.807, 2.05) is 6.07 Å². The summed E-state index contributed by atoms with van der Waals surface area (Å²) in [6.45, 7) is 0.682. The number of pyridine rings is 1. The third-order valence-electron chi connectivity index (χ3n) is 5.49. The predicted molar refractivity (Wildman–Crippen MR) is 102 cm³/mol. The highest BCUT2D eigenvalue weighted by Gasteiger charge is 2.51. The quantitative estimate of drug-likeness (QED) is 0.816. The number of carbonyl (C=O) groups excluding carboxylic acids is 1. The maximum Gasteiger partial charge on any atom is 0.241 e. The maximum atomic E-state index is 12.8. The Balaban J connectivity index is 0.00000131. The zero-order chi connectivity index (χ0) is 17.4. The van der Waals surface area contributed by atoms with Gasteiger partial charge in [0.05, 0.1) is 17.7 Å². The summed E-state index contributed by atoms with van der Waals surface area (Å²) >= 11 is 0. The lowest BCUT2D eigenvalue weighted by atomic mass is 9.97. The molecule has 2 bridgehead atoms. The van der Waals surface area contributed by atoms with E-state index in [1.165, 1.54) is 6.20 Å². The van der Waals surface area contributed by atoms with Gasteiger partial charge in [0, 0.05) is 24.8 Å². The highest BCUT2D eigenvalue weighted by atomic mass is 35.5. The molecule has 1 amide bonds. The highest BCUT2D eigenvalue weighted by molar-refractivity contribution is 5.85. The number of ether oxygens (including phenoxy) is 1. The van der Waals surface area contributed by atoms with E-state index in [-0.39, 0.29) is 60.9 Å². The molecule has 2 saturated heterocycles. The Morgan fingerprint density at radius 2 is 2.11 bits per heavy atom. The molecule has 1 aromatic rings. The molecule has 1 aliphatic carbocycles. The molecule has 3 fully saturated rings. The molecule has 7 nitrogen and oxygen atoms in total. The van der Waals surface area contributed by atoms with Crippen molar-refractivity contribution in [2.75, 3.05) is 6.54 Å². The molecular formula is C18H21Cl2N5O2. The number of hydrogen-bond donors (Lipinski definition) is 1. The minimum atomic E-state index is -0.275. The summed E-state index contributed by atoms with van der Waals surface area (Å²) in [5.41, 5.74) is 0.502. The summed E-state index contributed by atoms with van der Waals surface area (Å²) in [5, 5.41) is 21.4. The maximum absolute atomic E-state index is 12.8. The van der Waals surface area contributed by atoms with Gasteiger partial charge in [-0.05, 0) is 37.7 Å². The van der Waals surface area contributed by atoms with E-state index in [2.05, 4.69) is 16.4 Å². The average Bonchev–Trinajstić information content (AvgIpc) is 3.36. The summed E-state index contributed by atoms with van der Waals surface area (Å²) in [7, 11) is 0. The van der Waals surface area contributed by atoms with Crippen molar-refractivity contribution in [1.82, 2.24) is 15.2 Å². The molecule has 9 heteroatoms. The van der Waals surface area contributed by atoms with Gasteiger partial charge in [-0.2, -0.15) is 10.5 Å². The molecule has 0 unspecified atom stereocenters. The number of carbonyl (C=O) groups is 1. The lowest BCUT2D eigenvalue weighted by molar-refractivity contribution is -0.134. The minimum Gasteiger partial charge on any atom is -0.473 e. The van der Waals surface area contributed by atoms with Gasteiger partial charge in [0.1, 0.15) is 18.2 Å². The van der Waals surface area contributed by atoms with Crippen molar-refractivity contribution in [3.8, 4) is 18.0 Å². The fraction of sp³-hybridized carbons (Fsp3) is 0.556. The minimum absolute atomic E-state index is 0. The van der Waals surface area contributed by atoms with E-state index in [0.717, 1.165) is 25.7 Å². The Morgan fingerprint density at radius 1 is 1.30 bits per heavy atom. The number of piperidine rings is 1. The smallest absolute Gasteiger partial charge is 0.241 e. The second-order valence-corrected chi connectivity index (χ2v) is 6.95. The normalized spacial score (nSPS) is 30.6. The average molecular weight is 410 g/mol. The van der Waals surface area contributed by atoms with Crippen LogP contribution in [0.25, 0.3) is 0 Å². The van der Waals surface area contributed by atoms with Crippen molar-refractivity contribution >= 4 is 30.7 Å². The molecule has 0 spiro atoms. The first-order valence-electron chi connectivity index (χ1n) is 8.68. The first-order chi connectivity index (χ1) is 12.2. The van der Waals surface area contributed by atoms with Crippen LogP contribution in [0.1, 0.15) is 31.2 Å². The molecule has 4 rings (SSSR count). The molecule has 27 heavy (non-hydrogen) atoms. The molecule has 0 aromatic carbocycles. The summed E-state index contributed by atoms with van der Waals surface area (Å²) in [5.74, 6) is 0.803. The van der Waals surface area contributed by atoms with Gasteiger partial charge in [-0.15, -0.1) is 24.8 Å². The molecule has 1 saturated carbocycles. The third-order valence-corrected chi connectivity index (χ3v) is 5.49. The molecule has 1 N–H and O–H groups in total. The van der Waals surface area contributed by atoms with Crippen LogP contribution in [0.2, 0.25) is 0 Å². The predicted octanol–water partition coefficient (Wildman–Crippen LogP) is 1.81. The van der Waals surface area contributed by atoms with Crippen LogP contribution in [0.15, 0.2) is 18.3 Å². The van der Waals surface area contributed by atoms with Gasteiger partial charge in [-0.1, -0.05) is 0 Å². The van der Waals surface area contributed by atoms with Crippen molar-refractivity contribution in [3.63, 3.8) is 0 Å². The third kappa shape index (κ3) is 3.96. The molecule has 144 valence electrons. The number of amides is 1. The first-order valence-corrected chi connectivity index (χ1v) is 8.68. The van der Waals surface area contributed by atoms with Gasteiger partial charge >= 0.3 is 0 Å². The molecular weight excluding hydrogens is 389 g/mol. The van der Waals surface area contributed by atoms with Crippen LogP contribution in [-0.2, 0) is 4.79 Å². The summed E-state index contributed by atoms with van der Waals surface area (Å²) in [6.07, 6.45) is 4.88. The van der Waals surface area contributed by atoms with Gasteiger partial charge in [-0.3, -0.25) is 10.1 Å². The lowest BCUT2D eigenvalue weighted by Gasteiger charge is -2.32. The van der Waals surface area contributed by atoms with Gasteiger partial charge < -0.3 is 9.64 Å². The molecule has 1 aromatic heterocycles. The first kappa shape index (κ1) is 21.2. The number of fused-ring (bicyclic) bond motifs is 2. The Morgan fingerprint density at radius 3 is 2.70 bits per heavy atom. The zero-order valence-electron chi connectivity index (χ0n) is 14.6. The lowest BCUT2D eigenvalue weighted by Crippen LogP contribution is -2.54. The molecule has 3 aliphatic rings. The van der Waals surface area contributed by atoms with Crippen LogP contribution in [0.4, 0.5) is 0 Å². The number of hydrogen-bond acceptors (Lipinski definition) is 6. The van der Waals surface area contributed by atoms with Crippen molar-refractivity contribution in [2.45, 2.75) is 49.9 Å². The Hall–Kier alpha value is -2.06. The van der Waals surface area contributed by atoms with Crippen molar-refractivity contribution < 1.29 is 9.53 Å². The SMILES string of the molecule is Cl.Cl.N#Cc1ccc(O[C@@H]2C[C@H]3C[C@@H]2N[C@@H]3C(=O)N2CCC[C@H]2C#N)nc1. The van der Waals surface area contributed by atoms with Crippen LogP contribution in [0.5, 0.6) is 5.88 Å². The van der Waals surface area contributed by atoms with E-state index < -0.39 is 0 Å². The fourth-order valence-corrected chi connectivity index (χ4v) is 4.27. The highest BCUT2D eigenvalue weighted by Crippen LogP contribution is 2.38. The second-order valence-electron chi connectivity index (χ2n) is 6.95. The Bertz CT molecular complexity index is 761. The van der Waals surface area contributed by atoms with E-state index >= 15 is 0 Å². The largest absolute Gasteiger partial charge is 0.473 e. The summed E-state index contributed by atoms with van der Waals surface area (Å²) in [4.78, 5) is 18.7. The van der Waals surface area contributed by atoms with Crippen LogP contribution in [0.3, 0.4) is 0 Å². The van der Waals surface area contributed by atoms with E-state index in [1.54, 1.807) is 17.0 Å². The second kappa shape index (κ2) is 8.75. The number of rotatable bonds is 3. The topological polar surface area (TPSA) is 102 Å². The van der Waals surface area contributed by atoms with Crippen LogP contribution in [0, 0.1) is 28.6 Å². The molecule has 0 radical (unpaired) electrons. The number of nitriles is 2. The van der Waals surface area contributed by atoms with Crippen LogP contribution >= 0.6 is 24.8 Å². The Kier molecular flexibility index (Phi) is 6.89. The van der Waals surface area contributed by atoms with Gasteiger partial charge in [0.2, 0.25) is 11.8 Å². The standard InChI is InChI=1S/C18H19N5O2.2ClH/c19-8-11-3-4-16(21-10-11)25-15-7-12-6-14(15)22-17(12)18(24)23-5-1-2-13(23)9-20;;/h3-4,10,12-15,17,22H,1-2,5-7H2;2*1H/t12-,13+,14+,15-,17+;;/m1../s1. The number of aromatic nitrogens is 1. The van der Waals surface area contributed by atoms with Crippen LogP contribution < -0.4 is 10.1 Å². The molecule has 3 heterocycles. The van der Waals surface area contributed by atoms with Crippen molar-refractivity contribution in [3.05, 3.63) is 23.9 Å². The molecule has 2 aliphatic heterocycles. The van der Waals surface area contributed by atoms with Crippen molar-refractivity contribution in [1.29, 1.82) is 10.5 Å². The van der Waals surface area contributed by atoms with Gasteiger partial charge in [0.25, 0.3) is 0 Å². The zero-order valence-corrected chi connectivity index (χ0v) is 16.2. The number of nitrogens with zero attached hydrogens (tertiary/aromatic N) is 4. The van der Waals surface area contributed by atoms with Crippen molar-refractivity contribution in [2.24, 2.45) is 5.92 Å². The number of likely N-dealkylation sites (tertiary alicyclic amines) is 1. The van der Waals surface area contributed by atoms with Crippen LogP contribution in [-0.4, -0.2) is 46.6 Å². The fourth-order valence-electron chi connectivity index (χ4n) is 4.27.